The number of hydrogen-bond acceptors (Lipinski definition) is 1. The summed E-state index contributed by atoms with van der Waals surface area (Å²) in [7, 11) is 2.11. The number of rotatable bonds is 0. The van der Waals surface area contributed by atoms with E-state index in [1.165, 1.54) is 59.9 Å². The van der Waals surface area contributed by atoms with Gasteiger partial charge in [-0.3, -0.25) is 0 Å². The van der Waals surface area contributed by atoms with Crippen LogP contribution in [0.3, 0.4) is 0 Å². The fourth-order valence-electron chi connectivity index (χ4n) is 5.36. The molecule has 0 aliphatic carbocycles. The number of para-hydroxylation sites is 1. The quantitative estimate of drug-likeness (QED) is 0.191. The minimum Gasteiger partial charge on any atom is -0.302 e. The first-order valence-corrected chi connectivity index (χ1v) is 9.98. The number of aromatic nitrogens is 3. The van der Waals surface area contributed by atoms with Crippen molar-refractivity contribution in [1.29, 1.82) is 0 Å². The molecule has 0 saturated heterocycles. The van der Waals surface area contributed by atoms with Gasteiger partial charge in [0.1, 0.15) is 5.52 Å². The lowest BCUT2D eigenvalue weighted by molar-refractivity contribution is -0.647. The summed E-state index contributed by atoms with van der Waals surface area (Å²) in [5, 5.41) is 7.82. The molecule has 0 saturated carbocycles. The molecule has 4 aromatic carbocycles. The number of hydrogen-bond donors (Lipinski definition) is 0. The molecule has 0 N–H and O–H groups in total. The summed E-state index contributed by atoms with van der Waals surface area (Å²) in [5.74, 6) is 0. The Bertz CT molecular complexity index is 1770. The summed E-state index contributed by atoms with van der Waals surface area (Å²) < 4.78 is 4.60. The van der Waals surface area contributed by atoms with Crippen molar-refractivity contribution in [3.05, 3.63) is 78.6 Å². The average molecular weight is 372 g/mol. The second kappa shape index (κ2) is 5.00. The van der Waals surface area contributed by atoms with E-state index in [0.717, 1.165) is 5.52 Å². The molecule has 0 radical (unpaired) electrons. The van der Waals surface area contributed by atoms with Crippen molar-refractivity contribution in [3.63, 3.8) is 0 Å². The van der Waals surface area contributed by atoms with Gasteiger partial charge in [0.15, 0.2) is 5.52 Å². The van der Waals surface area contributed by atoms with Gasteiger partial charge in [-0.25, -0.2) is 4.57 Å². The zero-order chi connectivity index (χ0) is 19.3. The zero-order valence-electron chi connectivity index (χ0n) is 16.3. The molecule has 0 aliphatic heterocycles. The van der Waals surface area contributed by atoms with Crippen LogP contribution in [0.1, 0.15) is 5.56 Å². The van der Waals surface area contributed by atoms with Gasteiger partial charge in [-0.05, 0) is 51.8 Å². The first-order chi connectivity index (χ1) is 14.3. The normalized spacial score (nSPS) is 12.5. The Morgan fingerprint density at radius 2 is 1.41 bits per heavy atom. The van der Waals surface area contributed by atoms with Gasteiger partial charge in [0.05, 0.1) is 23.5 Å². The maximum Gasteiger partial charge on any atom is 0.287 e. The highest BCUT2D eigenvalue weighted by Gasteiger charge is 2.25. The van der Waals surface area contributed by atoms with Crippen molar-refractivity contribution in [3.8, 4) is 0 Å². The van der Waals surface area contributed by atoms with Gasteiger partial charge in [-0.15, -0.1) is 0 Å². The summed E-state index contributed by atoms with van der Waals surface area (Å²) >= 11 is 0. The van der Waals surface area contributed by atoms with Crippen molar-refractivity contribution in [2.75, 3.05) is 0 Å². The third-order valence-corrected chi connectivity index (χ3v) is 6.55. The number of fused-ring (bicyclic) bond motifs is 7. The molecule has 3 aromatic heterocycles. The molecule has 3 heteroatoms. The zero-order valence-corrected chi connectivity index (χ0v) is 16.3. The first-order valence-electron chi connectivity index (χ1n) is 9.98. The predicted octanol–water partition coefficient (Wildman–Crippen LogP) is 5.67. The highest BCUT2D eigenvalue weighted by Crippen LogP contribution is 2.42. The molecular formula is C26H18N3+. The lowest BCUT2D eigenvalue weighted by Crippen LogP contribution is -2.30. The Kier molecular flexibility index (Phi) is 2.63. The summed E-state index contributed by atoms with van der Waals surface area (Å²) in [6.07, 6.45) is 1.96. The van der Waals surface area contributed by atoms with Gasteiger partial charge in [0, 0.05) is 10.8 Å². The minimum atomic E-state index is 1.07. The lowest BCUT2D eigenvalue weighted by Gasteiger charge is -2.16. The van der Waals surface area contributed by atoms with Crippen LogP contribution in [-0.4, -0.2) is 9.38 Å². The first kappa shape index (κ1) is 15.2. The molecular weight excluding hydrogens is 354 g/mol. The van der Waals surface area contributed by atoms with Gasteiger partial charge >= 0.3 is 0 Å². The van der Waals surface area contributed by atoms with Crippen molar-refractivity contribution in [2.24, 2.45) is 7.05 Å². The molecule has 7 aromatic rings. The van der Waals surface area contributed by atoms with Gasteiger partial charge in [0.2, 0.25) is 5.52 Å². The van der Waals surface area contributed by atoms with Crippen molar-refractivity contribution in [1.82, 2.24) is 9.38 Å². The van der Waals surface area contributed by atoms with E-state index in [-0.39, 0.29) is 0 Å². The van der Waals surface area contributed by atoms with Crippen LogP contribution in [0.25, 0.3) is 59.9 Å². The van der Waals surface area contributed by atoms with Crippen LogP contribution >= 0.6 is 0 Å². The molecule has 0 fully saturated rings. The van der Waals surface area contributed by atoms with E-state index in [4.69, 9.17) is 4.98 Å². The predicted molar refractivity (Wildman–Crippen MR) is 120 cm³/mol. The molecule has 0 spiro atoms. The van der Waals surface area contributed by atoms with Crippen molar-refractivity contribution in [2.45, 2.75) is 6.92 Å². The fourth-order valence-corrected chi connectivity index (χ4v) is 5.36. The van der Waals surface area contributed by atoms with Crippen LogP contribution in [0.15, 0.2) is 73.1 Å². The number of pyridine rings is 1. The smallest absolute Gasteiger partial charge is 0.287 e. The topological polar surface area (TPSA) is 21.2 Å². The minimum absolute atomic E-state index is 1.07. The summed E-state index contributed by atoms with van der Waals surface area (Å²) in [4.78, 5) is 4.84. The van der Waals surface area contributed by atoms with Crippen molar-refractivity contribution < 1.29 is 4.57 Å². The van der Waals surface area contributed by atoms with Crippen LogP contribution in [0, 0.1) is 6.92 Å². The van der Waals surface area contributed by atoms with Gasteiger partial charge in [0.25, 0.3) is 6.33 Å². The van der Waals surface area contributed by atoms with Gasteiger partial charge in [-0.1, -0.05) is 48.5 Å². The average Bonchev–Trinajstić information content (AvgIpc) is 3.10. The Labute approximate surface area is 166 Å². The second-order valence-electron chi connectivity index (χ2n) is 8.00. The standard InChI is InChI=1S/C26H18N3/c1-15-16-8-3-4-9-17(16)18-11-7-13-21-23(18)22(15)25-26-24(27-14-28(25)2)19-10-5-6-12-20(19)29(21)26/h3-14H,1-2H3/q+1. The number of benzene rings is 4. The maximum atomic E-state index is 4.84. The Morgan fingerprint density at radius 3 is 2.28 bits per heavy atom. The fraction of sp³-hybridized carbons (Fsp3) is 0.0769. The third-order valence-electron chi connectivity index (χ3n) is 6.55. The maximum absolute atomic E-state index is 4.84. The number of nitrogens with zero attached hydrogens (tertiary/aromatic N) is 3. The molecule has 0 aliphatic rings. The number of aryl methyl sites for hydroxylation is 2. The molecule has 29 heavy (non-hydrogen) atoms. The van der Waals surface area contributed by atoms with Crippen LogP contribution in [-0.2, 0) is 7.05 Å². The van der Waals surface area contributed by atoms with E-state index >= 15 is 0 Å². The summed E-state index contributed by atoms with van der Waals surface area (Å²) in [6.45, 7) is 2.26. The molecule has 0 amide bonds. The molecule has 7 rings (SSSR count). The summed E-state index contributed by atoms with van der Waals surface area (Å²) in [6, 6.07) is 24.1. The van der Waals surface area contributed by atoms with E-state index in [1.807, 2.05) is 6.33 Å². The summed E-state index contributed by atoms with van der Waals surface area (Å²) in [5.41, 5.74) is 7.32. The Morgan fingerprint density at radius 1 is 0.724 bits per heavy atom. The van der Waals surface area contributed by atoms with E-state index in [9.17, 15) is 0 Å². The lowest BCUT2D eigenvalue weighted by atomic mass is 9.92. The van der Waals surface area contributed by atoms with Crippen LogP contribution < -0.4 is 4.57 Å². The molecule has 3 nitrogen and oxygen atoms in total. The monoisotopic (exact) mass is 372 g/mol. The van der Waals surface area contributed by atoms with Crippen LogP contribution in [0.4, 0.5) is 0 Å². The molecule has 0 bridgehead atoms. The van der Waals surface area contributed by atoms with E-state index in [1.54, 1.807) is 0 Å². The highest BCUT2D eigenvalue weighted by molar-refractivity contribution is 6.30. The second-order valence-corrected chi connectivity index (χ2v) is 8.00. The highest BCUT2D eigenvalue weighted by atomic mass is 15.0. The van der Waals surface area contributed by atoms with Crippen LogP contribution in [0.2, 0.25) is 0 Å². The molecule has 0 atom stereocenters. The molecule has 3 heterocycles. The Balaban J connectivity index is 2.01. The van der Waals surface area contributed by atoms with Crippen molar-refractivity contribution >= 4 is 59.9 Å². The molecule has 0 unspecified atom stereocenters. The Hall–Kier alpha value is -3.72. The van der Waals surface area contributed by atoms with Gasteiger partial charge < -0.3 is 4.40 Å². The van der Waals surface area contributed by atoms with E-state index in [2.05, 4.69) is 89.7 Å². The van der Waals surface area contributed by atoms with Gasteiger partial charge in [-0.2, -0.15) is 0 Å². The van der Waals surface area contributed by atoms with E-state index < -0.39 is 0 Å². The van der Waals surface area contributed by atoms with E-state index in [0.29, 0.717) is 0 Å². The SMILES string of the molecule is Cc1c2ccccc2c2cccc3c2c1c1c2c(nc[n+]1C)c1ccccc1n32. The largest absolute Gasteiger partial charge is 0.302 e. The third kappa shape index (κ3) is 1.66. The van der Waals surface area contributed by atoms with Crippen LogP contribution in [0.5, 0.6) is 0 Å². The molecule has 136 valence electrons.